The second-order valence-electron chi connectivity index (χ2n) is 3.63. The summed E-state index contributed by atoms with van der Waals surface area (Å²) in [6, 6.07) is 7.22. The second-order valence-corrected chi connectivity index (χ2v) is 3.63. The van der Waals surface area contributed by atoms with Crippen LogP contribution < -0.4 is 10.5 Å². The Bertz CT molecular complexity index is 514. The largest absolute Gasteiger partial charge is 0.485 e. The number of benzene rings is 1. The molecule has 1 aromatic carbocycles. The highest BCUT2D eigenvalue weighted by Crippen LogP contribution is 2.19. The van der Waals surface area contributed by atoms with Gasteiger partial charge >= 0.3 is 6.55 Å². The van der Waals surface area contributed by atoms with Crippen LogP contribution in [0.1, 0.15) is 17.9 Å². The van der Waals surface area contributed by atoms with E-state index in [4.69, 9.17) is 10.5 Å². The Hall–Kier alpha value is -1.95. The Balaban J connectivity index is 2.09. The van der Waals surface area contributed by atoms with E-state index in [9.17, 15) is 8.78 Å². The van der Waals surface area contributed by atoms with Crippen molar-refractivity contribution in [2.75, 3.05) is 0 Å². The number of alkyl halides is 2. The molecule has 0 atom stereocenters. The molecule has 6 heteroatoms. The third kappa shape index (κ3) is 2.65. The van der Waals surface area contributed by atoms with Crippen LogP contribution in [0.5, 0.6) is 5.75 Å². The number of rotatable bonds is 5. The molecular formula is C12H13F2N3O. The first-order chi connectivity index (χ1) is 8.72. The minimum Gasteiger partial charge on any atom is -0.485 e. The number of nitrogens with zero attached hydrogens (tertiary/aromatic N) is 2. The summed E-state index contributed by atoms with van der Waals surface area (Å²) in [6.45, 7) is -2.30. The lowest BCUT2D eigenvalue weighted by molar-refractivity contribution is 0.0632. The average Bonchev–Trinajstić information content (AvgIpc) is 2.85. The van der Waals surface area contributed by atoms with E-state index in [0.29, 0.717) is 12.3 Å². The molecule has 0 saturated carbocycles. The summed E-state index contributed by atoms with van der Waals surface area (Å²) in [6.07, 6.45) is 2.54. The van der Waals surface area contributed by atoms with Crippen LogP contribution in [0.4, 0.5) is 8.78 Å². The van der Waals surface area contributed by atoms with Crippen molar-refractivity contribution in [1.29, 1.82) is 0 Å². The van der Waals surface area contributed by atoms with Gasteiger partial charge < -0.3 is 10.5 Å². The van der Waals surface area contributed by atoms with Crippen molar-refractivity contribution in [2.45, 2.75) is 19.7 Å². The lowest BCUT2D eigenvalue weighted by Crippen LogP contribution is -2.08. The summed E-state index contributed by atoms with van der Waals surface area (Å²) in [4.78, 5) is 3.83. The van der Waals surface area contributed by atoms with Crippen LogP contribution in [0.2, 0.25) is 0 Å². The minimum atomic E-state index is -2.61. The van der Waals surface area contributed by atoms with Crippen LogP contribution in [0.25, 0.3) is 0 Å². The Kier molecular flexibility index (Phi) is 3.88. The molecule has 0 fully saturated rings. The van der Waals surface area contributed by atoms with Crippen LogP contribution in [-0.4, -0.2) is 9.55 Å². The predicted octanol–water partition coefficient (Wildman–Crippen LogP) is 2.32. The van der Waals surface area contributed by atoms with Crippen molar-refractivity contribution < 1.29 is 13.5 Å². The SMILES string of the molecule is NCc1ccccc1OCc1nccn1C(F)F. The number of para-hydroxylation sites is 1. The smallest absolute Gasteiger partial charge is 0.320 e. The molecule has 0 bridgehead atoms. The molecule has 0 radical (unpaired) electrons. The highest BCUT2D eigenvalue weighted by molar-refractivity contribution is 5.33. The van der Waals surface area contributed by atoms with Gasteiger partial charge in [-0.25, -0.2) is 4.98 Å². The Labute approximate surface area is 103 Å². The Morgan fingerprint density at radius 2 is 2.11 bits per heavy atom. The average molecular weight is 253 g/mol. The molecule has 0 unspecified atom stereocenters. The molecular weight excluding hydrogens is 240 g/mol. The zero-order valence-corrected chi connectivity index (χ0v) is 9.59. The van der Waals surface area contributed by atoms with Gasteiger partial charge in [-0.3, -0.25) is 4.57 Å². The molecule has 0 spiro atoms. The lowest BCUT2D eigenvalue weighted by atomic mass is 10.2. The zero-order chi connectivity index (χ0) is 13.0. The van der Waals surface area contributed by atoms with Crippen LogP contribution in [0.3, 0.4) is 0 Å². The van der Waals surface area contributed by atoms with E-state index in [0.717, 1.165) is 10.1 Å². The quantitative estimate of drug-likeness (QED) is 0.889. The molecule has 2 aromatic rings. The van der Waals surface area contributed by atoms with Gasteiger partial charge in [-0.05, 0) is 6.07 Å². The fourth-order valence-electron chi connectivity index (χ4n) is 1.59. The van der Waals surface area contributed by atoms with E-state index in [1.165, 1.54) is 12.4 Å². The Morgan fingerprint density at radius 1 is 1.33 bits per heavy atom. The van der Waals surface area contributed by atoms with Crippen LogP contribution in [0.15, 0.2) is 36.7 Å². The normalized spacial score (nSPS) is 10.9. The molecule has 2 N–H and O–H groups in total. The summed E-state index contributed by atoms with van der Waals surface area (Å²) >= 11 is 0. The van der Waals surface area contributed by atoms with Crippen molar-refractivity contribution in [2.24, 2.45) is 5.73 Å². The van der Waals surface area contributed by atoms with Crippen molar-refractivity contribution in [3.63, 3.8) is 0 Å². The van der Waals surface area contributed by atoms with Gasteiger partial charge in [0, 0.05) is 24.5 Å². The van der Waals surface area contributed by atoms with Crippen LogP contribution in [0, 0.1) is 0 Å². The molecule has 0 amide bonds. The van der Waals surface area contributed by atoms with E-state index in [1.54, 1.807) is 12.1 Å². The van der Waals surface area contributed by atoms with Gasteiger partial charge in [0.15, 0.2) is 5.82 Å². The summed E-state index contributed by atoms with van der Waals surface area (Å²) in [5.41, 5.74) is 6.38. The van der Waals surface area contributed by atoms with E-state index in [-0.39, 0.29) is 12.4 Å². The van der Waals surface area contributed by atoms with E-state index in [1.807, 2.05) is 12.1 Å². The predicted molar refractivity (Wildman–Crippen MR) is 62.1 cm³/mol. The van der Waals surface area contributed by atoms with Crippen molar-refractivity contribution in [1.82, 2.24) is 9.55 Å². The van der Waals surface area contributed by atoms with Gasteiger partial charge in [-0.1, -0.05) is 18.2 Å². The fraction of sp³-hybridized carbons (Fsp3) is 0.250. The van der Waals surface area contributed by atoms with Crippen molar-refractivity contribution >= 4 is 0 Å². The van der Waals surface area contributed by atoms with Gasteiger partial charge in [0.25, 0.3) is 0 Å². The number of hydrogen-bond acceptors (Lipinski definition) is 3. The van der Waals surface area contributed by atoms with Crippen molar-refractivity contribution in [3.05, 3.63) is 48.0 Å². The summed E-state index contributed by atoms with van der Waals surface area (Å²) < 4.78 is 31.4. The molecule has 18 heavy (non-hydrogen) atoms. The van der Waals surface area contributed by atoms with Gasteiger partial charge in [-0.2, -0.15) is 8.78 Å². The van der Waals surface area contributed by atoms with Gasteiger partial charge in [-0.15, -0.1) is 0 Å². The maximum absolute atomic E-state index is 12.6. The fourth-order valence-corrected chi connectivity index (χ4v) is 1.59. The monoisotopic (exact) mass is 253 g/mol. The van der Waals surface area contributed by atoms with E-state index >= 15 is 0 Å². The molecule has 1 heterocycles. The van der Waals surface area contributed by atoms with Gasteiger partial charge in [0.2, 0.25) is 0 Å². The molecule has 0 aliphatic rings. The minimum absolute atomic E-state index is 0.0195. The molecule has 0 aliphatic carbocycles. The second kappa shape index (κ2) is 5.59. The maximum Gasteiger partial charge on any atom is 0.320 e. The van der Waals surface area contributed by atoms with Gasteiger partial charge in [0.05, 0.1) is 0 Å². The third-order valence-corrected chi connectivity index (χ3v) is 2.51. The molecule has 2 rings (SSSR count). The summed E-state index contributed by atoms with van der Waals surface area (Å²) in [7, 11) is 0. The standard InChI is InChI=1S/C12H13F2N3O/c13-12(14)17-6-5-16-11(17)8-18-10-4-2-1-3-9(10)7-15/h1-6,12H,7-8,15H2. The highest BCUT2D eigenvalue weighted by Gasteiger charge is 2.12. The zero-order valence-electron chi connectivity index (χ0n) is 9.59. The molecule has 4 nitrogen and oxygen atoms in total. The van der Waals surface area contributed by atoms with E-state index in [2.05, 4.69) is 4.98 Å². The molecule has 96 valence electrons. The van der Waals surface area contributed by atoms with Crippen LogP contribution >= 0.6 is 0 Å². The number of hydrogen-bond donors (Lipinski definition) is 1. The van der Waals surface area contributed by atoms with Crippen LogP contribution in [-0.2, 0) is 13.2 Å². The molecule has 0 saturated heterocycles. The maximum atomic E-state index is 12.6. The number of halogens is 2. The molecule has 1 aromatic heterocycles. The first kappa shape index (κ1) is 12.5. The molecule has 0 aliphatic heterocycles. The first-order valence-corrected chi connectivity index (χ1v) is 5.43. The third-order valence-electron chi connectivity index (χ3n) is 2.51. The summed E-state index contributed by atoms with van der Waals surface area (Å²) in [5, 5.41) is 0. The number of aromatic nitrogens is 2. The Morgan fingerprint density at radius 3 is 2.83 bits per heavy atom. The topological polar surface area (TPSA) is 53.1 Å². The van der Waals surface area contributed by atoms with Gasteiger partial charge in [0.1, 0.15) is 12.4 Å². The number of ether oxygens (including phenoxy) is 1. The first-order valence-electron chi connectivity index (χ1n) is 5.43. The van der Waals surface area contributed by atoms with E-state index < -0.39 is 6.55 Å². The lowest BCUT2D eigenvalue weighted by Gasteiger charge is -2.11. The van der Waals surface area contributed by atoms with Crippen molar-refractivity contribution in [3.8, 4) is 5.75 Å². The summed E-state index contributed by atoms with van der Waals surface area (Å²) in [5.74, 6) is 0.764. The number of nitrogens with two attached hydrogens (primary N) is 1. The highest BCUT2D eigenvalue weighted by atomic mass is 19.3. The number of imidazole rings is 1.